The van der Waals surface area contributed by atoms with Gasteiger partial charge < -0.3 is 13.9 Å². The van der Waals surface area contributed by atoms with E-state index < -0.39 is 13.3 Å². The van der Waals surface area contributed by atoms with Crippen molar-refractivity contribution < 1.29 is 18.4 Å². The van der Waals surface area contributed by atoms with Gasteiger partial charge in [-0.2, -0.15) is 0 Å². The second-order valence-electron chi connectivity index (χ2n) is 5.29. The summed E-state index contributed by atoms with van der Waals surface area (Å²) in [5, 5.41) is 0. The molecule has 1 aliphatic rings. The number of carbonyl (C=O) groups is 1. The smallest absolute Gasteiger partial charge is 0.311 e. The summed E-state index contributed by atoms with van der Waals surface area (Å²) in [5.41, 5.74) is 1.14. The van der Waals surface area contributed by atoms with Crippen LogP contribution in [0.4, 0.5) is 0 Å². The molecule has 2 rings (SSSR count). The maximum absolute atomic E-state index is 13.0. The Kier molecular flexibility index (Phi) is 6.17. The molecule has 1 atom stereocenters. The molecule has 0 aliphatic carbocycles. The van der Waals surface area contributed by atoms with Crippen molar-refractivity contribution in [2.45, 2.75) is 39.4 Å². The molecule has 1 saturated heterocycles. The van der Waals surface area contributed by atoms with Crippen molar-refractivity contribution in [3.05, 3.63) is 47.7 Å². The Balaban J connectivity index is 2.26. The largest absolute Gasteiger partial charge is 0.343 e. The third-order valence-corrected chi connectivity index (χ3v) is 6.22. The van der Waals surface area contributed by atoms with Gasteiger partial charge in [0.25, 0.3) is 0 Å². The Bertz CT molecular complexity index is 604. The Morgan fingerprint density at radius 1 is 1.22 bits per heavy atom. The Morgan fingerprint density at radius 3 is 2.35 bits per heavy atom. The van der Waals surface area contributed by atoms with E-state index in [0.717, 1.165) is 11.3 Å². The van der Waals surface area contributed by atoms with Gasteiger partial charge in [-0.25, -0.2) is 0 Å². The van der Waals surface area contributed by atoms with E-state index in [9.17, 15) is 9.36 Å². The molecule has 0 N–H and O–H groups in total. The van der Waals surface area contributed by atoms with Gasteiger partial charge in [0.2, 0.25) is 5.91 Å². The van der Waals surface area contributed by atoms with Crippen LogP contribution < -0.4 is 0 Å². The fourth-order valence-electron chi connectivity index (χ4n) is 2.76. The zero-order chi connectivity index (χ0) is 16.9. The van der Waals surface area contributed by atoms with Crippen LogP contribution in [-0.4, -0.2) is 29.7 Å². The summed E-state index contributed by atoms with van der Waals surface area (Å²) in [5.74, 6) is -0.188. The lowest BCUT2D eigenvalue weighted by atomic mass is 10.2. The van der Waals surface area contributed by atoms with Gasteiger partial charge in [0.1, 0.15) is 5.66 Å². The summed E-state index contributed by atoms with van der Waals surface area (Å²) in [6, 6.07) is 9.76. The number of nitrogens with zero attached hydrogens (tertiary/aromatic N) is 1. The maximum Gasteiger partial charge on any atom is 0.343 e. The summed E-state index contributed by atoms with van der Waals surface area (Å²) >= 11 is 0. The van der Waals surface area contributed by atoms with E-state index in [0.29, 0.717) is 13.0 Å². The Morgan fingerprint density at radius 2 is 1.83 bits per heavy atom. The molecular formula is C17H24NO4P. The van der Waals surface area contributed by atoms with Gasteiger partial charge in [0.05, 0.1) is 19.8 Å². The molecule has 0 saturated carbocycles. The topological polar surface area (TPSA) is 55.8 Å². The van der Waals surface area contributed by atoms with Crippen molar-refractivity contribution in [2.24, 2.45) is 0 Å². The van der Waals surface area contributed by atoms with Crippen molar-refractivity contribution in [3.8, 4) is 0 Å². The number of benzene rings is 1. The van der Waals surface area contributed by atoms with Crippen LogP contribution in [0.25, 0.3) is 0 Å². The average Bonchev–Trinajstić information content (AvgIpc) is 2.86. The van der Waals surface area contributed by atoms with Gasteiger partial charge in [-0.1, -0.05) is 36.4 Å². The molecule has 1 unspecified atom stereocenters. The second-order valence-corrected chi connectivity index (χ2v) is 7.50. The minimum Gasteiger partial charge on any atom is -0.311 e. The fourth-order valence-corrected chi connectivity index (χ4v) is 4.74. The first-order chi connectivity index (χ1) is 11.1. The third kappa shape index (κ3) is 3.92. The number of likely N-dealkylation sites (tertiary alicyclic amines) is 1. The zero-order valence-electron chi connectivity index (χ0n) is 13.9. The van der Waals surface area contributed by atoms with Crippen molar-refractivity contribution >= 4 is 13.5 Å². The van der Waals surface area contributed by atoms with Crippen molar-refractivity contribution in [1.82, 2.24) is 4.90 Å². The van der Waals surface area contributed by atoms with Gasteiger partial charge in [0.15, 0.2) is 0 Å². The first-order valence-corrected chi connectivity index (χ1v) is 9.56. The second kappa shape index (κ2) is 7.91. The predicted octanol–water partition coefficient (Wildman–Crippen LogP) is 3.96. The zero-order valence-corrected chi connectivity index (χ0v) is 14.8. The molecule has 0 radical (unpaired) electrons. The van der Waals surface area contributed by atoms with E-state index in [-0.39, 0.29) is 19.1 Å². The van der Waals surface area contributed by atoms with Crippen molar-refractivity contribution in [3.63, 3.8) is 0 Å². The van der Waals surface area contributed by atoms with Crippen LogP contribution in [0.5, 0.6) is 0 Å². The normalized spacial score (nSPS) is 20.5. The molecule has 0 spiro atoms. The number of amides is 1. The van der Waals surface area contributed by atoms with E-state index >= 15 is 0 Å². The highest BCUT2D eigenvalue weighted by Crippen LogP contribution is 2.57. The summed E-state index contributed by atoms with van der Waals surface area (Å²) in [6.45, 7) is 6.37. The minimum atomic E-state index is -3.45. The van der Waals surface area contributed by atoms with Crippen molar-refractivity contribution in [1.29, 1.82) is 0 Å². The van der Waals surface area contributed by atoms with E-state index in [4.69, 9.17) is 9.05 Å². The molecule has 1 amide bonds. The lowest BCUT2D eigenvalue weighted by Crippen LogP contribution is -2.29. The van der Waals surface area contributed by atoms with E-state index in [1.807, 2.05) is 43.3 Å². The number of allylic oxidation sites excluding steroid dienone is 2. The van der Waals surface area contributed by atoms with Gasteiger partial charge >= 0.3 is 7.60 Å². The minimum absolute atomic E-state index is 0.188. The summed E-state index contributed by atoms with van der Waals surface area (Å²) in [4.78, 5) is 14.5. The molecule has 23 heavy (non-hydrogen) atoms. The van der Waals surface area contributed by atoms with E-state index in [1.54, 1.807) is 18.7 Å². The molecule has 0 bridgehead atoms. The van der Waals surface area contributed by atoms with Crippen LogP contribution in [0.2, 0.25) is 0 Å². The van der Waals surface area contributed by atoms with Crippen LogP contribution >= 0.6 is 7.60 Å². The Hall–Kier alpha value is -1.42. The fraction of sp³-hybridized carbons (Fsp3) is 0.471. The van der Waals surface area contributed by atoms with Crippen LogP contribution in [0.15, 0.2) is 42.1 Å². The summed E-state index contributed by atoms with van der Waals surface area (Å²) in [6.07, 6.45) is 2.28. The lowest BCUT2D eigenvalue weighted by Gasteiger charge is -2.22. The monoisotopic (exact) mass is 337 g/mol. The SMILES string of the molecule is C/C=C1\CC(P(=O)(OCC)OCC)C(=O)N1Cc1ccccc1. The van der Waals surface area contributed by atoms with Gasteiger partial charge in [0, 0.05) is 12.1 Å². The molecule has 1 heterocycles. The van der Waals surface area contributed by atoms with Crippen LogP contribution in [-0.2, 0) is 25.0 Å². The molecule has 0 aromatic heterocycles. The van der Waals surface area contributed by atoms with Crippen LogP contribution in [0.3, 0.4) is 0 Å². The lowest BCUT2D eigenvalue weighted by molar-refractivity contribution is -0.127. The van der Waals surface area contributed by atoms with Gasteiger partial charge in [-0.15, -0.1) is 0 Å². The number of carbonyl (C=O) groups excluding carboxylic acids is 1. The number of hydrogen-bond acceptors (Lipinski definition) is 4. The number of hydrogen-bond donors (Lipinski definition) is 0. The highest BCUT2D eigenvalue weighted by atomic mass is 31.2. The van der Waals surface area contributed by atoms with Crippen molar-refractivity contribution in [2.75, 3.05) is 13.2 Å². The van der Waals surface area contributed by atoms with Gasteiger partial charge in [-0.3, -0.25) is 9.36 Å². The first kappa shape index (κ1) is 17.9. The first-order valence-electron chi connectivity index (χ1n) is 7.95. The van der Waals surface area contributed by atoms with E-state index in [2.05, 4.69) is 0 Å². The highest BCUT2D eigenvalue weighted by Gasteiger charge is 2.48. The van der Waals surface area contributed by atoms with E-state index in [1.165, 1.54) is 0 Å². The molecule has 1 fully saturated rings. The highest BCUT2D eigenvalue weighted by molar-refractivity contribution is 7.55. The Labute approximate surface area is 137 Å². The maximum atomic E-state index is 13.0. The molecule has 126 valence electrons. The van der Waals surface area contributed by atoms with Crippen LogP contribution in [0.1, 0.15) is 32.8 Å². The predicted molar refractivity (Wildman–Crippen MR) is 90.0 cm³/mol. The summed E-state index contributed by atoms with van der Waals surface area (Å²) < 4.78 is 23.7. The molecule has 5 nitrogen and oxygen atoms in total. The molecule has 1 aromatic rings. The molecule has 1 aliphatic heterocycles. The standard InChI is InChI=1S/C17H24NO4P/c1-4-15-12-16(23(20,21-5-2)22-6-3)17(19)18(15)13-14-10-8-7-9-11-14/h4,7-11,16H,5-6,12-13H2,1-3H3/b15-4+. The molecule has 6 heteroatoms. The number of rotatable bonds is 7. The van der Waals surface area contributed by atoms with Crippen LogP contribution in [0, 0.1) is 0 Å². The quantitative estimate of drug-likeness (QED) is 0.707. The average molecular weight is 337 g/mol. The molecular weight excluding hydrogens is 313 g/mol. The van der Waals surface area contributed by atoms with Gasteiger partial charge in [-0.05, 0) is 26.3 Å². The molecule has 1 aromatic carbocycles. The third-order valence-electron chi connectivity index (χ3n) is 3.82. The summed E-state index contributed by atoms with van der Waals surface area (Å²) in [7, 11) is -3.45.